The molecule has 2 aromatic carbocycles. The summed E-state index contributed by atoms with van der Waals surface area (Å²) in [7, 11) is 2.83. The lowest BCUT2D eigenvalue weighted by molar-refractivity contribution is -0.108. The summed E-state index contributed by atoms with van der Waals surface area (Å²) in [5.41, 5.74) is 0.837. The van der Waals surface area contributed by atoms with Crippen molar-refractivity contribution in [3.05, 3.63) is 80.6 Å². The third-order valence-electron chi connectivity index (χ3n) is 4.93. The first-order valence-corrected chi connectivity index (χ1v) is 10.1. The second-order valence-electron chi connectivity index (χ2n) is 6.81. The maximum Gasteiger partial charge on any atom is 0.203 e. The van der Waals surface area contributed by atoms with Gasteiger partial charge in [0.2, 0.25) is 5.75 Å². The van der Waals surface area contributed by atoms with Crippen LogP contribution in [0.25, 0.3) is 0 Å². The molecule has 5 nitrogen and oxygen atoms in total. The van der Waals surface area contributed by atoms with E-state index in [0.717, 1.165) is 0 Å². The van der Waals surface area contributed by atoms with Gasteiger partial charge in [-0.15, -0.1) is 0 Å². The van der Waals surface area contributed by atoms with E-state index in [0.29, 0.717) is 23.2 Å². The highest BCUT2D eigenvalue weighted by atomic mass is 35.5. The smallest absolute Gasteiger partial charge is 0.203 e. The van der Waals surface area contributed by atoms with E-state index in [1.54, 1.807) is 12.1 Å². The predicted molar refractivity (Wildman–Crippen MR) is 117 cm³/mol. The number of pyridine rings is 1. The molecule has 3 rings (SSSR count). The SMILES string of the molecule is COc1ccc(C(C=O)c2c(Cl)cncc2Cl)c(OCc2ccc(C)c(F)c2F)c1OC. The first-order chi connectivity index (χ1) is 15.3. The molecule has 1 aromatic heterocycles. The molecule has 0 saturated carbocycles. The maximum absolute atomic E-state index is 14.4. The van der Waals surface area contributed by atoms with Crippen LogP contribution in [0, 0.1) is 18.6 Å². The Kier molecular flexibility index (Phi) is 7.53. The van der Waals surface area contributed by atoms with Gasteiger partial charge >= 0.3 is 0 Å². The van der Waals surface area contributed by atoms with Gasteiger partial charge in [0.25, 0.3) is 0 Å². The van der Waals surface area contributed by atoms with Crippen molar-refractivity contribution >= 4 is 29.5 Å². The highest BCUT2D eigenvalue weighted by Crippen LogP contribution is 2.46. The minimum absolute atomic E-state index is 0.00782. The summed E-state index contributed by atoms with van der Waals surface area (Å²) in [6, 6.07) is 6.06. The van der Waals surface area contributed by atoms with Gasteiger partial charge in [0.15, 0.2) is 23.1 Å². The molecule has 0 aliphatic carbocycles. The molecule has 1 heterocycles. The Morgan fingerprint density at radius 2 is 1.69 bits per heavy atom. The molecule has 0 saturated heterocycles. The Morgan fingerprint density at radius 3 is 2.28 bits per heavy atom. The number of aryl methyl sites for hydroxylation is 1. The topological polar surface area (TPSA) is 57.7 Å². The molecule has 0 aliphatic heterocycles. The van der Waals surface area contributed by atoms with Crippen molar-refractivity contribution in [1.29, 1.82) is 0 Å². The number of hydrogen-bond donors (Lipinski definition) is 0. The molecular weight excluding hydrogens is 463 g/mol. The van der Waals surface area contributed by atoms with Gasteiger partial charge in [-0.3, -0.25) is 4.98 Å². The Balaban J connectivity index is 2.13. The van der Waals surface area contributed by atoms with Crippen LogP contribution in [0.2, 0.25) is 10.0 Å². The summed E-state index contributed by atoms with van der Waals surface area (Å²) in [6.07, 6.45) is 3.38. The second-order valence-corrected chi connectivity index (χ2v) is 7.62. The Morgan fingerprint density at radius 1 is 1.00 bits per heavy atom. The average molecular weight is 482 g/mol. The molecular formula is C23H19Cl2F2NO4. The van der Waals surface area contributed by atoms with Crippen molar-refractivity contribution in [2.24, 2.45) is 0 Å². The molecule has 0 amide bonds. The molecule has 1 unspecified atom stereocenters. The van der Waals surface area contributed by atoms with E-state index in [1.165, 1.54) is 45.7 Å². The average Bonchev–Trinajstić information content (AvgIpc) is 2.79. The van der Waals surface area contributed by atoms with Gasteiger partial charge in [0, 0.05) is 29.1 Å². The van der Waals surface area contributed by atoms with Crippen LogP contribution in [0.15, 0.2) is 36.7 Å². The quantitative estimate of drug-likeness (QED) is 0.374. The first-order valence-electron chi connectivity index (χ1n) is 9.39. The fourth-order valence-corrected chi connectivity index (χ4v) is 3.87. The van der Waals surface area contributed by atoms with Crippen LogP contribution in [-0.4, -0.2) is 25.5 Å². The van der Waals surface area contributed by atoms with Crippen LogP contribution in [0.1, 0.15) is 28.2 Å². The van der Waals surface area contributed by atoms with E-state index in [1.807, 2.05) is 0 Å². The van der Waals surface area contributed by atoms with Gasteiger partial charge in [-0.05, 0) is 18.6 Å². The maximum atomic E-state index is 14.4. The summed E-state index contributed by atoms with van der Waals surface area (Å²) in [5.74, 6) is -2.32. The van der Waals surface area contributed by atoms with Crippen LogP contribution in [0.3, 0.4) is 0 Å². The highest BCUT2D eigenvalue weighted by Gasteiger charge is 2.27. The molecule has 0 fully saturated rings. The highest BCUT2D eigenvalue weighted by molar-refractivity contribution is 6.36. The van der Waals surface area contributed by atoms with Crippen LogP contribution in [0.5, 0.6) is 17.2 Å². The molecule has 168 valence electrons. The van der Waals surface area contributed by atoms with Gasteiger partial charge in [-0.1, -0.05) is 41.4 Å². The molecule has 0 aliphatic rings. The lowest BCUT2D eigenvalue weighted by Crippen LogP contribution is -2.10. The Bertz CT molecular complexity index is 1140. The van der Waals surface area contributed by atoms with Crippen LogP contribution in [0.4, 0.5) is 8.78 Å². The summed E-state index contributed by atoms with van der Waals surface area (Å²) in [4.78, 5) is 16.1. The zero-order valence-electron chi connectivity index (χ0n) is 17.4. The number of halogens is 4. The summed E-state index contributed by atoms with van der Waals surface area (Å²) >= 11 is 12.5. The number of carbonyl (C=O) groups excluding carboxylic acids is 1. The zero-order valence-corrected chi connectivity index (χ0v) is 18.9. The van der Waals surface area contributed by atoms with Crippen molar-refractivity contribution in [2.75, 3.05) is 14.2 Å². The molecule has 32 heavy (non-hydrogen) atoms. The van der Waals surface area contributed by atoms with Crippen molar-refractivity contribution < 1.29 is 27.8 Å². The first kappa shape index (κ1) is 23.8. The fourth-order valence-electron chi connectivity index (χ4n) is 3.27. The van der Waals surface area contributed by atoms with E-state index in [9.17, 15) is 13.6 Å². The standard InChI is InChI=1S/C23H19Cl2F2NO4/c1-12-4-5-13(21(27)20(12)26)11-32-22-14(6-7-18(30-2)23(22)31-3)15(10-29)19-16(24)8-28-9-17(19)25/h4-10,15H,11H2,1-3H3. The number of aldehydes is 1. The lowest BCUT2D eigenvalue weighted by Gasteiger charge is -2.22. The molecule has 9 heteroatoms. The van der Waals surface area contributed by atoms with Crippen molar-refractivity contribution in [3.63, 3.8) is 0 Å². The molecule has 0 N–H and O–H groups in total. The van der Waals surface area contributed by atoms with Gasteiger partial charge in [0.1, 0.15) is 12.9 Å². The van der Waals surface area contributed by atoms with Gasteiger partial charge in [-0.2, -0.15) is 0 Å². The Hall–Kier alpha value is -2.90. The van der Waals surface area contributed by atoms with Crippen molar-refractivity contribution in [1.82, 2.24) is 4.98 Å². The molecule has 0 bridgehead atoms. The largest absolute Gasteiger partial charge is 0.493 e. The van der Waals surface area contributed by atoms with E-state index in [4.69, 9.17) is 37.4 Å². The van der Waals surface area contributed by atoms with Crippen LogP contribution in [-0.2, 0) is 11.4 Å². The van der Waals surface area contributed by atoms with Crippen molar-refractivity contribution in [2.45, 2.75) is 19.4 Å². The number of hydrogen-bond acceptors (Lipinski definition) is 5. The van der Waals surface area contributed by atoms with Gasteiger partial charge < -0.3 is 19.0 Å². The Labute approximate surface area is 193 Å². The summed E-state index contributed by atoms with van der Waals surface area (Å²) < 4.78 is 45.0. The third kappa shape index (κ3) is 4.49. The summed E-state index contributed by atoms with van der Waals surface area (Å²) in [6.45, 7) is 1.13. The zero-order chi connectivity index (χ0) is 23.4. The van der Waals surface area contributed by atoms with E-state index in [-0.39, 0.29) is 39.3 Å². The lowest BCUT2D eigenvalue weighted by atomic mass is 9.92. The van der Waals surface area contributed by atoms with E-state index in [2.05, 4.69) is 4.98 Å². The monoisotopic (exact) mass is 481 g/mol. The number of nitrogens with zero attached hydrogens (tertiary/aromatic N) is 1. The number of methoxy groups -OCH3 is 2. The third-order valence-corrected chi connectivity index (χ3v) is 5.53. The van der Waals surface area contributed by atoms with Crippen LogP contribution >= 0.6 is 23.2 Å². The molecule has 0 spiro atoms. The number of carbonyl (C=O) groups is 1. The number of ether oxygens (including phenoxy) is 3. The number of rotatable bonds is 8. The molecule has 0 radical (unpaired) electrons. The summed E-state index contributed by atoms with van der Waals surface area (Å²) in [5, 5.41) is 0.365. The van der Waals surface area contributed by atoms with Gasteiger partial charge in [-0.25, -0.2) is 8.78 Å². The minimum atomic E-state index is -1.01. The number of aromatic nitrogens is 1. The molecule has 3 aromatic rings. The van der Waals surface area contributed by atoms with E-state index < -0.39 is 17.6 Å². The van der Waals surface area contributed by atoms with Crippen LogP contribution < -0.4 is 14.2 Å². The normalized spacial score (nSPS) is 11.7. The second kappa shape index (κ2) is 10.1. The minimum Gasteiger partial charge on any atom is -0.493 e. The fraction of sp³-hybridized carbons (Fsp3) is 0.217. The number of benzene rings is 2. The van der Waals surface area contributed by atoms with Gasteiger partial charge in [0.05, 0.1) is 30.2 Å². The predicted octanol–water partition coefficient (Wildman–Crippen LogP) is 5.90. The van der Waals surface area contributed by atoms with E-state index >= 15 is 0 Å². The van der Waals surface area contributed by atoms with Crippen molar-refractivity contribution in [3.8, 4) is 17.2 Å². The molecule has 1 atom stereocenters.